The van der Waals surface area contributed by atoms with Gasteiger partial charge in [0, 0.05) is 13.1 Å². The molecular formula is C9H16F2N2O. The van der Waals surface area contributed by atoms with Crippen molar-refractivity contribution >= 4 is 5.91 Å². The number of alkyl halides is 2. The van der Waals surface area contributed by atoms with Crippen LogP contribution >= 0.6 is 0 Å². The highest BCUT2D eigenvalue weighted by Gasteiger charge is 2.26. The van der Waals surface area contributed by atoms with Crippen molar-refractivity contribution in [1.82, 2.24) is 4.90 Å². The molecule has 1 atom stereocenters. The van der Waals surface area contributed by atoms with Gasteiger partial charge in [-0.05, 0) is 25.3 Å². The zero-order valence-corrected chi connectivity index (χ0v) is 8.09. The summed E-state index contributed by atoms with van der Waals surface area (Å²) in [6, 6.07) is 0. The second-order valence-electron chi connectivity index (χ2n) is 3.68. The zero-order chi connectivity index (χ0) is 10.6. The molecule has 1 saturated heterocycles. The number of carbonyl (C=O) groups excluding carboxylic acids is 1. The van der Waals surface area contributed by atoms with E-state index in [9.17, 15) is 13.6 Å². The molecule has 0 aromatic heterocycles. The van der Waals surface area contributed by atoms with Crippen LogP contribution in [0.4, 0.5) is 8.78 Å². The Bertz CT molecular complexity index is 199. The summed E-state index contributed by atoms with van der Waals surface area (Å²) in [6.45, 7) is 1.30. The molecule has 0 aromatic carbocycles. The Hall–Kier alpha value is -0.710. The Balaban J connectivity index is 2.54. The molecule has 1 amide bonds. The Morgan fingerprint density at radius 2 is 2.21 bits per heavy atom. The molecule has 1 rings (SSSR count). The molecule has 14 heavy (non-hydrogen) atoms. The SMILES string of the molecule is NCC1CCCCN(C(=O)C(F)F)C1. The van der Waals surface area contributed by atoms with E-state index < -0.39 is 12.3 Å². The van der Waals surface area contributed by atoms with Crippen molar-refractivity contribution in [2.45, 2.75) is 25.7 Å². The molecule has 1 fully saturated rings. The summed E-state index contributed by atoms with van der Waals surface area (Å²) in [4.78, 5) is 12.3. The summed E-state index contributed by atoms with van der Waals surface area (Å²) in [5.41, 5.74) is 5.49. The molecule has 0 bridgehead atoms. The normalized spacial score (nSPS) is 23.7. The molecule has 0 saturated carbocycles. The van der Waals surface area contributed by atoms with E-state index in [1.807, 2.05) is 0 Å². The zero-order valence-electron chi connectivity index (χ0n) is 8.09. The lowest BCUT2D eigenvalue weighted by atomic mass is 10.0. The van der Waals surface area contributed by atoms with E-state index in [4.69, 9.17) is 5.73 Å². The van der Waals surface area contributed by atoms with Crippen molar-refractivity contribution in [2.24, 2.45) is 11.7 Å². The lowest BCUT2D eigenvalue weighted by molar-refractivity contribution is -0.143. The van der Waals surface area contributed by atoms with Crippen LogP contribution in [-0.4, -0.2) is 36.9 Å². The Morgan fingerprint density at radius 1 is 1.50 bits per heavy atom. The van der Waals surface area contributed by atoms with E-state index in [2.05, 4.69) is 0 Å². The third-order valence-corrected chi connectivity index (χ3v) is 2.60. The predicted molar refractivity (Wildman–Crippen MR) is 49.0 cm³/mol. The van der Waals surface area contributed by atoms with Gasteiger partial charge >= 0.3 is 6.43 Å². The van der Waals surface area contributed by atoms with Crippen LogP contribution in [0.15, 0.2) is 0 Å². The van der Waals surface area contributed by atoms with Crippen molar-refractivity contribution in [3.05, 3.63) is 0 Å². The fraction of sp³-hybridized carbons (Fsp3) is 0.889. The van der Waals surface area contributed by atoms with Crippen LogP contribution < -0.4 is 5.73 Å². The van der Waals surface area contributed by atoms with E-state index in [-0.39, 0.29) is 5.92 Å². The summed E-state index contributed by atoms with van der Waals surface area (Å²) in [5, 5.41) is 0. The van der Waals surface area contributed by atoms with Gasteiger partial charge in [0.25, 0.3) is 5.91 Å². The second kappa shape index (κ2) is 5.24. The van der Waals surface area contributed by atoms with Gasteiger partial charge in [0.1, 0.15) is 0 Å². The summed E-state index contributed by atoms with van der Waals surface area (Å²) in [7, 11) is 0. The van der Waals surface area contributed by atoms with Crippen LogP contribution in [0.2, 0.25) is 0 Å². The van der Waals surface area contributed by atoms with Gasteiger partial charge < -0.3 is 10.6 Å². The van der Waals surface area contributed by atoms with E-state index in [1.165, 1.54) is 4.90 Å². The van der Waals surface area contributed by atoms with Crippen LogP contribution in [0, 0.1) is 5.92 Å². The number of rotatable bonds is 2. The molecule has 1 heterocycles. The van der Waals surface area contributed by atoms with Gasteiger partial charge in [-0.2, -0.15) is 8.78 Å². The molecule has 0 spiro atoms. The lowest BCUT2D eigenvalue weighted by Crippen LogP contribution is -2.39. The fourth-order valence-electron chi connectivity index (χ4n) is 1.76. The van der Waals surface area contributed by atoms with Crippen molar-refractivity contribution in [1.29, 1.82) is 0 Å². The number of nitrogens with two attached hydrogens (primary N) is 1. The van der Waals surface area contributed by atoms with Crippen LogP contribution in [0.1, 0.15) is 19.3 Å². The molecule has 5 heteroatoms. The van der Waals surface area contributed by atoms with Crippen molar-refractivity contribution in [3.63, 3.8) is 0 Å². The van der Waals surface area contributed by atoms with Crippen LogP contribution in [-0.2, 0) is 4.79 Å². The average Bonchev–Trinajstić information content (AvgIpc) is 2.41. The molecule has 1 unspecified atom stereocenters. The fourth-order valence-corrected chi connectivity index (χ4v) is 1.76. The quantitative estimate of drug-likeness (QED) is 0.727. The number of amides is 1. The molecule has 0 aromatic rings. The molecule has 0 radical (unpaired) electrons. The summed E-state index contributed by atoms with van der Waals surface area (Å²) in [6.07, 6.45) is -0.181. The van der Waals surface area contributed by atoms with Gasteiger partial charge in [-0.3, -0.25) is 4.79 Å². The van der Waals surface area contributed by atoms with E-state index in [0.717, 1.165) is 19.3 Å². The van der Waals surface area contributed by atoms with E-state index in [0.29, 0.717) is 19.6 Å². The highest BCUT2D eigenvalue weighted by molar-refractivity contribution is 5.79. The minimum Gasteiger partial charge on any atom is -0.337 e. The predicted octanol–water partition coefficient (Wildman–Crippen LogP) is 0.839. The minimum absolute atomic E-state index is 0.181. The Morgan fingerprint density at radius 3 is 2.79 bits per heavy atom. The summed E-state index contributed by atoms with van der Waals surface area (Å²) in [5.74, 6) is -0.870. The molecule has 82 valence electrons. The molecule has 1 aliphatic rings. The van der Waals surface area contributed by atoms with Crippen LogP contribution in [0.25, 0.3) is 0 Å². The second-order valence-corrected chi connectivity index (χ2v) is 3.68. The molecule has 1 aliphatic heterocycles. The van der Waals surface area contributed by atoms with Gasteiger partial charge in [-0.25, -0.2) is 0 Å². The maximum Gasteiger partial charge on any atom is 0.315 e. The third-order valence-electron chi connectivity index (χ3n) is 2.60. The summed E-state index contributed by atoms with van der Waals surface area (Å²) < 4.78 is 24.3. The largest absolute Gasteiger partial charge is 0.337 e. The molecule has 2 N–H and O–H groups in total. The van der Waals surface area contributed by atoms with Gasteiger partial charge in [0.05, 0.1) is 0 Å². The van der Waals surface area contributed by atoms with Crippen molar-refractivity contribution in [2.75, 3.05) is 19.6 Å². The molecular weight excluding hydrogens is 190 g/mol. The van der Waals surface area contributed by atoms with Crippen molar-refractivity contribution < 1.29 is 13.6 Å². The highest BCUT2D eigenvalue weighted by Crippen LogP contribution is 2.16. The number of likely N-dealkylation sites (tertiary alicyclic amines) is 1. The van der Waals surface area contributed by atoms with E-state index in [1.54, 1.807) is 0 Å². The highest BCUT2D eigenvalue weighted by atomic mass is 19.3. The topological polar surface area (TPSA) is 46.3 Å². The first kappa shape index (κ1) is 11.4. The number of hydrogen-bond donors (Lipinski definition) is 1. The lowest BCUT2D eigenvalue weighted by Gasteiger charge is -2.23. The van der Waals surface area contributed by atoms with Crippen LogP contribution in [0.3, 0.4) is 0 Å². The average molecular weight is 206 g/mol. The smallest absolute Gasteiger partial charge is 0.315 e. The van der Waals surface area contributed by atoms with E-state index >= 15 is 0 Å². The Kier molecular flexibility index (Phi) is 4.25. The van der Waals surface area contributed by atoms with Gasteiger partial charge in [0.2, 0.25) is 0 Å². The monoisotopic (exact) mass is 206 g/mol. The first-order chi connectivity index (χ1) is 6.65. The van der Waals surface area contributed by atoms with Crippen molar-refractivity contribution in [3.8, 4) is 0 Å². The van der Waals surface area contributed by atoms with Gasteiger partial charge in [-0.15, -0.1) is 0 Å². The number of carbonyl (C=O) groups is 1. The van der Waals surface area contributed by atoms with Gasteiger partial charge in [-0.1, -0.05) is 6.42 Å². The maximum absolute atomic E-state index is 12.2. The number of nitrogens with zero attached hydrogens (tertiary/aromatic N) is 1. The molecule has 3 nitrogen and oxygen atoms in total. The number of halogens is 2. The minimum atomic E-state index is -2.88. The molecule has 0 aliphatic carbocycles. The standard InChI is InChI=1S/C9H16F2N2O/c10-8(11)9(14)13-4-2-1-3-7(5-12)6-13/h7-8H,1-6,12H2. The first-order valence-corrected chi connectivity index (χ1v) is 4.92. The third kappa shape index (κ3) is 2.90. The first-order valence-electron chi connectivity index (χ1n) is 4.92. The number of hydrogen-bond acceptors (Lipinski definition) is 2. The van der Waals surface area contributed by atoms with Crippen LogP contribution in [0.5, 0.6) is 0 Å². The summed E-state index contributed by atoms with van der Waals surface area (Å²) >= 11 is 0. The Labute approximate surface area is 82.2 Å². The maximum atomic E-state index is 12.2. The van der Waals surface area contributed by atoms with Gasteiger partial charge in [0.15, 0.2) is 0 Å².